The van der Waals surface area contributed by atoms with Crippen LogP contribution in [0.2, 0.25) is 0 Å². The molecule has 0 bridgehead atoms. The Balaban J connectivity index is -0.0000000450. The Labute approximate surface area is 67.8 Å². The van der Waals surface area contributed by atoms with Gasteiger partial charge in [0, 0.05) is 0 Å². The molecule has 0 heterocycles. The van der Waals surface area contributed by atoms with Crippen LogP contribution in [0.5, 0.6) is 0 Å². The minimum Gasteiger partial charge on any atom is -0.369 e. The van der Waals surface area contributed by atoms with Gasteiger partial charge in [-0.1, -0.05) is 0 Å². The van der Waals surface area contributed by atoms with Gasteiger partial charge < -0.3 is 21.5 Å². The Morgan fingerprint density at radius 1 is 1.33 bits per heavy atom. The Morgan fingerprint density at radius 2 is 1.33 bits per heavy atom. The van der Waals surface area contributed by atoms with Crippen molar-refractivity contribution in [1.29, 1.82) is 0 Å². The van der Waals surface area contributed by atoms with E-state index in [9.17, 15) is 0 Å². The third kappa shape index (κ3) is 197. The molecular weight excluding hydrogens is 216 g/mol. The van der Waals surface area contributed by atoms with Gasteiger partial charge in [-0.2, -0.15) is 0 Å². The molecule has 0 aromatic rings. The van der Waals surface area contributed by atoms with Gasteiger partial charge in [-0.05, 0) is 0 Å². The molecule has 0 saturated heterocycles. The van der Waals surface area contributed by atoms with Gasteiger partial charge in [0.05, 0.1) is 5.09 Å². The van der Waals surface area contributed by atoms with Crippen LogP contribution in [-0.4, -0.2) is 5.09 Å². The van der Waals surface area contributed by atoms with Crippen LogP contribution in [0.1, 0.15) is 0 Å². The standard InChI is InChI=1S/Ce.NO3.H3N/c;2-1(3)4;/h;;1H3/q+3;-1;/p+1. The molecular formula is H4CeN2O3+3. The SMILES string of the molecule is O=[N+]([O-])[O-].[Ce+3].[NH4+]. The summed E-state index contributed by atoms with van der Waals surface area (Å²) < 4.78 is 0. The van der Waals surface area contributed by atoms with Crippen molar-refractivity contribution in [2.24, 2.45) is 0 Å². The first-order valence-corrected chi connectivity index (χ1v) is 0.548. The summed E-state index contributed by atoms with van der Waals surface area (Å²) in [5.74, 6) is 0. The summed E-state index contributed by atoms with van der Waals surface area (Å²) in [6.45, 7) is 0. The average Bonchev–Trinajstić information content (AvgIpc) is 0.811. The minimum atomic E-state index is -1.75. The van der Waals surface area contributed by atoms with Crippen LogP contribution in [0, 0.1) is 57.1 Å². The summed E-state index contributed by atoms with van der Waals surface area (Å²) in [6.07, 6.45) is 0. The van der Waals surface area contributed by atoms with E-state index in [1.165, 1.54) is 0 Å². The van der Waals surface area contributed by atoms with Gasteiger partial charge in [0.25, 0.3) is 0 Å². The number of hydrogen-bond donors (Lipinski definition) is 1. The zero-order valence-electron chi connectivity index (χ0n) is 3.17. The van der Waals surface area contributed by atoms with Gasteiger partial charge >= 0.3 is 41.7 Å². The number of rotatable bonds is 0. The Morgan fingerprint density at radius 3 is 1.33 bits per heavy atom. The maximum absolute atomic E-state index is 8.25. The summed E-state index contributed by atoms with van der Waals surface area (Å²) in [6, 6.07) is 0. The van der Waals surface area contributed by atoms with Crippen molar-refractivity contribution in [3.05, 3.63) is 15.3 Å². The molecule has 4 N–H and O–H groups in total. The first-order chi connectivity index (χ1) is 1.73. The predicted molar refractivity (Wildman–Crippen MR) is 16.3 cm³/mol. The normalized spacial score (nSPS) is 4.00. The largest absolute Gasteiger partial charge is 3.00 e. The molecule has 1 radical (unpaired) electrons. The fourth-order valence-corrected chi connectivity index (χ4v) is 0. The topological polar surface area (TPSA) is 103 Å². The third-order valence-electron chi connectivity index (χ3n) is 0. The fourth-order valence-electron chi connectivity index (χ4n) is 0. The Bertz CT molecular complexity index is 31.8. The van der Waals surface area contributed by atoms with Crippen LogP contribution in [0.3, 0.4) is 0 Å². The molecule has 0 spiro atoms. The molecule has 6 heteroatoms. The van der Waals surface area contributed by atoms with Crippen LogP contribution in [0.25, 0.3) is 0 Å². The van der Waals surface area contributed by atoms with Crippen molar-refractivity contribution in [3.8, 4) is 0 Å². The van der Waals surface area contributed by atoms with Crippen molar-refractivity contribution in [2.45, 2.75) is 0 Å². The molecule has 0 atom stereocenters. The van der Waals surface area contributed by atoms with E-state index in [-0.39, 0.29) is 47.9 Å². The maximum atomic E-state index is 8.25. The Kier molecular flexibility index (Phi) is 24.3. The molecule has 0 aliphatic rings. The molecule has 0 unspecified atom stereocenters. The van der Waals surface area contributed by atoms with Crippen molar-refractivity contribution < 1.29 is 46.8 Å². The first-order valence-electron chi connectivity index (χ1n) is 0.548. The molecule has 6 heavy (non-hydrogen) atoms. The van der Waals surface area contributed by atoms with Gasteiger partial charge in [-0.15, -0.1) is 0 Å². The second kappa shape index (κ2) is 9.11. The Hall–Kier alpha value is 0.537. The van der Waals surface area contributed by atoms with Crippen molar-refractivity contribution in [3.63, 3.8) is 0 Å². The summed E-state index contributed by atoms with van der Waals surface area (Å²) in [5.41, 5.74) is 0. The molecule has 0 fully saturated rings. The molecule has 0 aliphatic carbocycles. The second-order valence-electron chi connectivity index (χ2n) is 0.224. The van der Waals surface area contributed by atoms with E-state index < -0.39 is 5.09 Å². The van der Waals surface area contributed by atoms with Gasteiger partial charge in [-0.25, -0.2) is 0 Å². The quantitative estimate of drug-likeness (QED) is 0.463. The molecule has 0 aromatic carbocycles. The van der Waals surface area contributed by atoms with Crippen LogP contribution < -0.4 is 6.15 Å². The molecule has 0 rings (SSSR count). The van der Waals surface area contributed by atoms with Crippen LogP contribution in [0.15, 0.2) is 0 Å². The maximum Gasteiger partial charge on any atom is 3.00 e. The summed E-state index contributed by atoms with van der Waals surface area (Å²) in [4.78, 5) is 8.25. The smallest absolute Gasteiger partial charge is 0.369 e. The third-order valence-corrected chi connectivity index (χ3v) is 0. The molecule has 0 saturated carbocycles. The number of quaternary nitrogens is 1. The molecule has 0 aliphatic heterocycles. The van der Waals surface area contributed by atoms with Crippen LogP contribution in [-0.2, 0) is 0 Å². The molecule has 5 nitrogen and oxygen atoms in total. The first kappa shape index (κ1) is 16.0. The predicted octanol–water partition coefficient (Wildman–Crippen LogP) is 0.137. The zero-order valence-corrected chi connectivity index (χ0v) is 6.31. The summed E-state index contributed by atoms with van der Waals surface area (Å²) in [5, 5.41) is 14.8. The van der Waals surface area contributed by atoms with Crippen LogP contribution in [0.4, 0.5) is 0 Å². The molecule has 0 aromatic heterocycles. The summed E-state index contributed by atoms with van der Waals surface area (Å²) in [7, 11) is 0. The van der Waals surface area contributed by atoms with Crippen molar-refractivity contribution >= 4 is 0 Å². The second-order valence-corrected chi connectivity index (χ2v) is 0.224. The minimum absolute atomic E-state index is 0. The molecule has 33 valence electrons. The average molecular weight is 220 g/mol. The van der Waals surface area contributed by atoms with Crippen molar-refractivity contribution in [1.82, 2.24) is 6.15 Å². The van der Waals surface area contributed by atoms with Gasteiger partial charge in [0.15, 0.2) is 0 Å². The zero-order chi connectivity index (χ0) is 3.58. The van der Waals surface area contributed by atoms with Gasteiger partial charge in [-0.3, -0.25) is 0 Å². The van der Waals surface area contributed by atoms with Crippen LogP contribution >= 0.6 is 0 Å². The fraction of sp³-hybridized carbons (Fsp3) is 0. The van der Waals surface area contributed by atoms with E-state index in [0.717, 1.165) is 0 Å². The van der Waals surface area contributed by atoms with E-state index in [1.807, 2.05) is 0 Å². The summed E-state index contributed by atoms with van der Waals surface area (Å²) >= 11 is 0. The van der Waals surface area contributed by atoms with E-state index in [0.29, 0.717) is 0 Å². The van der Waals surface area contributed by atoms with Crippen molar-refractivity contribution in [2.75, 3.05) is 0 Å². The van der Waals surface area contributed by atoms with E-state index in [1.54, 1.807) is 0 Å². The van der Waals surface area contributed by atoms with Gasteiger partial charge in [0.1, 0.15) is 0 Å². The van der Waals surface area contributed by atoms with Gasteiger partial charge in [0.2, 0.25) is 0 Å². The monoisotopic (exact) mass is 220 g/mol. The molecule has 0 amide bonds. The number of hydrogen-bond acceptors (Lipinski definition) is 3. The van der Waals surface area contributed by atoms with E-state index in [4.69, 9.17) is 15.3 Å². The van der Waals surface area contributed by atoms with E-state index in [2.05, 4.69) is 0 Å². The number of nitrogens with zero attached hydrogens (tertiary/aromatic N) is 1. The van der Waals surface area contributed by atoms with E-state index >= 15 is 0 Å².